The Balaban J connectivity index is 2.44. The van der Waals surface area contributed by atoms with Gasteiger partial charge in [0.05, 0.1) is 6.04 Å². The van der Waals surface area contributed by atoms with Crippen molar-refractivity contribution >= 4 is 11.7 Å². The number of hydrogen-bond acceptors (Lipinski definition) is 3. The molecule has 0 aromatic heterocycles. The first-order valence-electron chi connectivity index (χ1n) is 9.16. The predicted molar refractivity (Wildman–Crippen MR) is 93.3 cm³/mol. The highest BCUT2D eigenvalue weighted by Gasteiger charge is 2.42. The Bertz CT molecular complexity index is 440. The smallest absolute Gasteiger partial charge is 0.261 e. The van der Waals surface area contributed by atoms with Crippen LogP contribution in [0.5, 0.6) is 0 Å². The van der Waals surface area contributed by atoms with Crippen LogP contribution in [0.25, 0.3) is 0 Å². The van der Waals surface area contributed by atoms with Gasteiger partial charge in [0.2, 0.25) is 0 Å². The maximum absolute atomic E-state index is 12.4. The van der Waals surface area contributed by atoms with Gasteiger partial charge >= 0.3 is 0 Å². The number of carbonyl (C=O) groups is 2. The van der Waals surface area contributed by atoms with E-state index in [0.29, 0.717) is 6.54 Å². The lowest BCUT2D eigenvalue weighted by Crippen LogP contribution is -2.40. The van der Waals surface area contributed by atoms with E-state index in [1.54, 1.807) is 4.90 Å². The van der Waals surface area contributed by atoms with Gasteiger partial charge < -0.3 is 10.0 Å². The van der Waals surface area contributed by atoms with E-state index >= 15 is 0 Å². The standard InChI is InChI=1S/C19H33NO3/c1-5-6-7-8-9-10-11-12-13-20-17(14(2)3)18(22)16(15(4)21)19(20)23/h14,17,22H,5-13H2,1-4H3/t17-/m0/s1. The molecule has 0 aliphatic carbocycles. The number of amides is 1. The highest BCUT2D eigenvalue weighted by molar-refractivity contribution is 6.20. The summed E-state index contributed by atoms with van der Waals surface area (Å²) in [6.45, 7) is 8.13. The number of Topliss-reactive ketones (excluding diaryl/α,β-unsaturated/α-hetero) is 1. The fraction of sp³-hybridized carbons (Fsp3) is 0.789. The summed E-state index contributed by atoms with van der Waals surface area (Å²) in [5.41, 5.74) is -0.0109. The molecule has 0 saturated heterocycles. The molecule has 1 rings (SSSR count). The van der Waals surface area contributed by atoms with Gasteiger partial charge in [-0.2, -0.15) is 0 Å². The van der Waals surface area contributed by atoms with Crippen molar-refractivity contribution in [1.29, 1.82) is 0 Å². The van der Waals surface area contributed by atoms with Crippen LogP contribution in [0.1, 0.15) is 79.1 Å². The molecule has 0 fully saturated rings. The van der Waals surface area contributed by atoms with Crippen LogP contribution >= 0.6 is 0 Å². The van der Waals surface area contributed by atoms with Crippen LogP contribution in [0.4, 0.5) is 0 Å². The van der Waals surface area contributed by atoms with Crippen LogP contribution in [0.15, 0.2) is 11.3 Å². The molecule has 0 bridgehead atoms. The Morgan fingerprint density at radius 2 is 1.61 bits per heavy atom. The van der Waals surface area contributed by atoms with Gasteiger partial charge in [0, 0.05) is 6.54 Å². The number of rotatable bonds is 11. The fourth-order valence-corrected chi connectivity index (χ4v) is 3.34. The summed E-state index contributed by atoms with van der Waals surface area (Å²) in [4.78, 5) is 25.7. The zero-order valence-corrected chi connectivity index (χ0v) is 15.2. The van der Waals surface area contributed by atoms with Crippen molar-refractivity contribution in [1.82, 2.24) is 4.90 Å². The van der Waals surface area contributed by atoms with Crippen molar-refractivity contribution in [3.63, 3.8) is 0 Å². The Morgan fingerprint density at radius 3 is 2.09 bits per heavy atom. The molecular weight excluding hydrogens is 290 g/mol. The average Bonchev–Trinajstić information content (AvgIpc) is 2.72. The number of nitrogens with zero attached hydrogens (tertiary/aromatic N) is 1. The summed E-state index contributed by atoms with van der Waals surface area (Å²) in [5.74, 6) is -0.560. The number of aliphatic hydroxyl groups is 1. The number of aliphatic hydroxyl groups excluding tert-OH is 1. The van der Waals surface area contributed by atoms with Crippen molar-refractivity contribution in [3.8, 4) is 0 Å². The van der Waals surface area contributed by atoms with Crippen molar-refractivity contribution < 1.29 is 14.7 Å². The molecule has 0 spiro atoms. The fourth-order valence-electron chi connectivity index (χ4n) is 3.34. The third-order valence-corrected chi connectivity index (χ3v) is 4.58. The van der Waals surface area contributed by atoms with Crippen molar-refractivity contribution in [2.75, 3.05) is 6.54 Å². The average molecular weight is 323 g/mol. The Hall–Kier alpha value is -1.32. The monoisotopic (exact) mass is 323 g/mol. The van der Waals surface area contributed by atoms with Crippen LogP contribution in [-0.2, 0) is 9.59 Å². The minimum atomic E-state index is -0.342. The van der Waals surface area contributed by atoms with E-state index in [1.165, 1.54) is 45.4 Å². The highest BCUT2D eigenvalue weighted by atomic mass is 16.3. The second-order valence-corrected chi connectivity index (χ2v) is 6.98. The molecule has 4 heteroatoms. The molecule has 1 aliphatic heterocycles. The van der Waals surface area contributed by atoms with Gasteiger partial charge in [0.25, 0.3) is 5.91 Å². The van der Waals surface area contributed by atoms with Gasteiger partial charge in [-0.1, -0.05) is 65.7 Å². The van der Waals surface area contributed by atoms with E-state index in [1.807, 2.05) is 13.8 Å². The highest BCUT2D eigenvalue weighted by Crippen LogP contribution is 2.30. The molecule has 0 aromatic carbocycles. The number of ketones is 1. The van der Waals surface area contributed by atoms with Crippen LogP contribution in [-0.4, -0.2) is 34.3 Å². The van der Waals surface area contributed by atoms with Gasteiger partial charge in [-0.25, -0.2) is 0 Å². The van der Waals surface area contributed by atoms with Crippen LogP contribution in [0, 0.1) is 5.92 Å². The van der Waals surface area contributed by atoms with Gasteiger partial charge in [0.15, 0.2) is 5.78 Å². The quantitative estimate of drug-likeness (QED) is 0.453. The summed E-state index contributed by atoms with van der Waals surface area (Å²) in [5, 5.41) is 10.2. The Kier molecular flexibility index (Phi) is 8.35. The zero-order chi connectivity index (χ0) is 17.4. The molecule has 1 aliphatic rings. The maximum atomic E-state index is 12.4. The molecule has 1 heterocycles. The summed E-state index contributed by atoms with van der Waals surface area (Å²) >= 11 is 0. The first-order chi connectivity index (χ1) is 10.9. The Morgan fingerprint density at radius 1 is 1.09 bits per heavy atom. The lowest BCUT2D eigenvalue weighted by Gasteiger charge is -2.28. The van der Waals surface area contributed by atoms with E-state index in [9.17, 15) is 14.7 Å². The first kappa shape index (κ1) is 19.7. The molecule has 23 heavy (non-hydrogen) atoms. The van der Waals surface area contributed by atoms with Crippen LogP contribution in [0.2, 0.25) is 0 Å². The number of hydrogen-bond donors (Lipinski definition) is 1. The van der Waals surface area contributed by atoms with Gasteiger partial charge in [-0.15, -0.1) is 0 Å². The molecule has 0 saturated carbocycles. The zero-order valence-electron chi connectivity index (χ0n) is 15.2. The first-order valence-corrected chi connectivity index (χ1v) is 9.16. The van der Waals surface area contributed by atoms with E-state index < -0.39 is 0 Å². The van der Waals surface area contributed by atoms with E-state index in [0.717, 1.165) is 12.8 Å². The third-order valence-electron chi connectivity index (χ3n) is 4.58. The molecule has 1 amide bonds. The van der Waals surface area contributed by atoms with Crippen molar-refractivity contribution in [2.45, 2.75) is 85.1 Å². The normalized spacial score (nSPS) is 18.4. The second-order valence-electron chi connectivity index (χ2n) is 6.98. The third kappa shape index (κ3) is 5.36. The summed E-state index contributed by atoms with van der Waals surface area (Å²) in [6, 6.07) is -0.342. The largest absolute Gasteiger partial charge is 0.509 e. The van der Waals surface area contributed by atoms with Gasteiger partial charge in [-0.3, -0.25) is 9.59 Å². The summed E-state index contributed by atoms with van der Waals surface area (Å²) in [6.07, 6.45) is 9.66. The van der Waals surface area contributed by atoms with Gasteiger partial charge in [0.1, 0.15) is 11.3 Å². The molecule has 4 nitrogen and oxygen atoms in total. The molecule has 132 valence electrons. The molecule has 0 aromatic rings. The SMILES string of the molecule is CCCCCCCCCCN1C(=O)C(C(C)=O)=C(O)[C@@H]1C(C)C. The lowest BCUT2D eigenvalue weighted by atomic mass is 10.0. The topological polar surface area (TPSA) is 57.6 Å². The molecule has 0 unspecified atom stereocenters. The minimum Gasteiger partial charge on any atom is -0.509 e. The van der Waals surface area contributed by atoms with Crippen molar-refractivity contribution in [3.05, 3.63) is 11.3 Å². The molecular formula is C19H33NO3. The minimum absolute atomic E-state index is 0.0109. The van der Waals surface area contributed by atoms with E-state index in [-0.39, 0.29) is 35.0 Å². The van der Waals surface area contributed by atoms with Crippen LogP contribution in [0.3, 0.4) is 0 Å². The summed E-state index contributed by atoms with van der Waals surface area (Å²) in [7, 11) is 0. The summed E-state index contributed by atoms with van der Waals surface area (Å²) < 4.78 is 0. The van der Waals surface area contributed by atoms with Gasteiger partial charge in [-0.05, 0) is 19.3 Å². The lowest BCUT2D eigenvalue weighted by molar-refractivity contribution is -0.129. The van der Waals surface area contributed by atoms with Crippen LogP contribution < -0.4 is 0 Å². The second kappa shape index (κ2) is 9.74. The maximum Gasteiger partial charge on any atom is 0.261 e. The molecule has 0 radical (unpaired) electrons. The molecule has 1 atom stereocenters. The predicted octanol–water partition coefficient (Wildman–Crippen LogP) is 4.40. The number of carbonyl (C=O) groups excluding carboxylic acids is 2. The molecule has 1 N–H and O–H groups in total. The van der Waals surface area contributed by atoms with E-state index in [4.69, 9.17) is 0 Å². The van der Waals surface area contributed by atoms with Crippen molar-refractivity contribution in [2.24, 2.45) is 5.92 Å². The Labute approximate surface area is 140 Å². The van der Waals surface area contributed by atoms with E-state index in [2.05, 4.69) is 6.92 Å². The number of unbranched alkanes of at least 4 members (excludes halogenated alkanes) is 7.